The van der Waals surface area contributed by atoms with E-state index in [1.165, 1.54) is 19.3 Å². The summed E-state index contributed by atoms with van der Waals surface area (Å²) in [5.74, 6) is 1.65. The molecule has 1 aliphatic heterocycles. The second kappa shape index (κ2) is 7.85. The highest BCUT2D eigenvalue weighted by Crippen LogP contribution is 2.32. The molecule has 1 aromatic rings. The van der Waals surface area contributed by atoms with Crippen LogP contribution in [0.1, 0.15) is 38.2 Å². The van der Waals surface area contributed by atoms with E-state index in [1.54, 1.807) is 0 Å². The van der Waals surface area contributed by atoms with Crippen molar-refractivity contribution >= 4 is 6.08 Å². The predicted octanol–water partition coefficient (Wildman–Crippen LogP) is 4.03. The van der Waals surface area contributed by atoms with Crippen LogP contribution in [-0.4, -0.2) is 20.0 Å². The molecule has 1 aromatic carbocycles. The maximum absolute atomic E-state index is 5.55. The lowest BCUT2D eigenvalue weighted by Gasteiger charge is -2.00. The van der Waals surface area contributed by atoms with E-state index in [-0.39, 0.29) is 0 Å². The molecule has 3 nitrogen and oxygen atoms in total. The Morgan fingerprint density at radius 2 is 2.05 bits per heavy atom. The van der Waals surface area contributed by atoms with Crippen LogP contribution in [0.15, 0.2) is 24.3 Å². The topological polar surface area (TPSA) is 27.7 Å². The molecule has 104 valence electrons. The zero-order chi connectivity index (χ0) is 13.3. The van der Waals surface area contributed by atoms with Crippen LogP contribution in [0.5, 0.6) is 11.5 Å². The Morgan fingerprint density at radius 3 is 2.95 bits per heavy atom. The van der Waals surface area contributed by atoms with Crippen LogP contribution < -0.4 is 9.47 Å². The van der Waals surface area contributed by atoms with Gasteiger partial charge in [0.05, 0.1) is 6.61 Å². The molecule has 0 aliphatic carbocycles. The van der Waals surface area contributed by atoms with Crippen molar-refractivity contribution in [2.24, 2.45) is 0 Å². The fourth-order valence-corrected chi connectivity index (χ4v) is 1.98. The fourth-order valence-electron chi connectivity index (χ4n) is 1.98. The summed E-state index contributed by atoms with van der Waals surface area (Å²) in [7, 11) is 0. The Morgan fingerprint density at radius 1 is 1.16 bits per heavy atom. The molecule has 0 fully saturated rings. The smallest absolute Gasteiger partial charge is 0.231 e. The Kier molecular flexibility index (Phi) is 5.76. The first-order valence-electron chi connectivity index (χ1n) is 7.04. The summed E-state index contributed by atoms with van der Waals surface area (Å²) in [6.45, 7) is 4.06. The van der Waals surface area contributed by atoms with Gasteiger partial charge in [0.1, 0.15) is 0 Å². The van der Waals surface area contributed by atoms with Crippen LogP contribution in [0.2, 0.25) is 0 Å². The van der Waals surface area contributed by atoms with Crippen molar-refractivity contribution in [2.45, 2.75) is 32.6 Å². The van der Waals surface area contributed by atoms with E-state index in [0.29, 0.717) is 13.4 Å². The van der Waals surface area contributed by atoms with E-state index in [2.05, 4.69) is 6.92 Å². The first kappa shape index (κ1) is 13.9. The van der Waals surface area contributed by atoms with Crippen molar-refractivity contribution in [2.75, 3.05) is 20.0 Å². The molecule has 0 spiro atoms. The van der Waals surface area contributed by atoms with E-state index in [1.807, 2.05) is 30.4 Å². The normalized spacial score (nSPS) is 13.3. The van der Waals surface area contributed by atoms with Crippen molar-refractivity contribution in [3.05, 3.63) is 29.8 Å². The average Bonchev–Trinajstić information content (AvgIpc) is 2.89. The number of fused-ring (bicyclic) bond motifs is 1. The lowest BCUT2D eigenvalue weighted by Crippen LogP contribution is -1.94. The molecule has 0 unspecified atom stereocenters. The molecular formula is C16H22O3. The van der Waals surface area contributed by atoms with E-state index < -0.39 is 0 Å². The fraction of sp³-hybridized carbons (Fsp3) is 0.500. The standard InChI is InChI=1S/C16H22O3/c1-2-3-4-5-10-17-11-6-7-14-8-9-15-16(12-14)19-13-18-15/h6-9,12H,2-5,10-11,13H2,1H3. The van der Waals surface area contributed by atoms with E-state index in [9.17, 15) is 0 Å². The number of rotatable bonds is 8. The van der Waals surface area contributed by atoms with Crippen LogP contribution >= 0.6 is 0 Å². The molecule has 0 saturated carbocycles. The Labute approximate surface area is 115 Å². The Hall–Kier alpha value is -1.48. The Balaban J connectivity index is 1.65. The summed E-state index contributed by atoms with van der Waals surface area (Å²) in [5.41, 5.74) is 1.11. The molecule has 0 bridgehead atoms. The first-order chi connectivity index (χ1) is 9.40. The minimum atomic E-state index is 0.323. The number of hydrogen-bond donors (Lipinski definition) is 0. The molecular weight excluding hydrogens is 240 g/mol. The molecule has 0 aromatic heterocycles. The average molecular weight is 262 g/mol. The quantitative estimate of drug-likeness (QED) is 0.662. The number of benzene rings is 1. The maximum atomic E-state index is 5.55. The van der Waals surface area contributed by atoms with Gasteiger partial charge in [-0.05, 0) is 24.1 Å². The summed E-state index contributed by atoms with van der Waals surface area (Å²) in [6.07, 6.45) is 9.08. The third-order valence-electron chi connectivity index (χ3n) is 3.06. The predicted molar refractivity (Wildman–Crippen MR) is 76.6 cm³/mol. The summed E-state index contributed by atoms with van der Waals surface area (Å²) in [6, 6.07) is 5.94. The highest BCUT2D eigenvalue weighted by molar-refractivity contribution is 5.56. The van der Waals surface area contributed by atoms with Gasteiger partial charge in [-0.15, -0.1) is 0 Å². The van der Waals surface area contributed by atoms with Gasteiger partial charge < -0.3 is 14.2 Å². The highest BCUT2D eigenvalue weighted by Gasteiger charge is 2.11. The number of unbranched alkanes of at least 4 members (excludes halogenated alkanes) is 3. The van der Waals surface area contributed by atoms with Gasteiger partial charge in [0.15, 0.2) is 11.5 Å². The van der Waals surface area contributed by atoms with Gasteiger partial charge in [-0.3, -0.25) is 0 Å². The third kappa shape index (κ3) is 4.60. The van der Waals surface area contributed by atoms with Crippen LogP contribution in [0.3, 0.4) is 0 Å². The second-order valence-corrected chi connectivity index (χ2v) is 4.65. The molecule has 3 heteroatoms. The second-order valence-electron chi connectivity index (χ2n) is 4.65. The summed E-state index contributed by atoms with van der Waals surface area (Å²) >= 11 is 0. The van der Waals surface area contributed by atoms with Gasteiger partial charge in [-0.25, -0.2) is 0 Å². The van der Waals surface area contributed by atoms with Crippen molar-refractivity contribution < 1.29 is 14.2 Å². The molecule has 2 rings (SSSR count). The minimum absolute atomic E-state index is 0.323. The molecule has 0 amide bonds. The van der Waals surface area contributed by atoms with Crippen LogP contribution in [0.4, 0.5) is 0 Å². The van der Waals surface area contributed by atoms with Crippen LogP contribution in [0.25, 0.3) is 6.08 Å². The summed E-state index contributed by atoms with van der Waals surface area (Å²) < 4.78 is 16.2. The maximum Gasteiger partial charge on any atom is 0.231 e. The monoisotopic (exact) mass is 262 g/mol. The molecule has 0 saturated heterocycles. The lowest BCUT2D eigenvalue weighted by atomic mass is 10.2. The van der Waals surface area contributed by atoms with Crippen LogP contribution in [0, 0.1) is 0 Å². The van der Waals surface area contributed by atoms with Gasteiger partial charge in [0, 0.05) is 6.61 Å². The molecule has 0 N–H and O–H groups in total. The lowest BCUT2D eigenvalue weighted by molar-refractivity contribution is 0.157. The zero-order valence-corrected chi connectivity index (χ0v) is 11.6. The van der Waals surface area contributed by atoms with E-state index >= 15 is 0 Å². The zero-order valence-electron chi connectivity index (χ0n) is 11.6. The molecule has 1 heterocycles. The number of ether oxygens (including phenoxy) is 3. The SMILES string of the molecule is CCCCCCOCC=Cc1ccc2c(c1)OCO2. The summed E-state index contributed by atoms with van der Waals surface area (Å²) in [5, 5.41) is 0. The molecule has 0 atom stereocenters. The molecule has 19 heavy (non-hydrogen) atoms. The van der Waals surface area contributed by atoms with Crippen LogP contribution in [-0.2, 0) is 4.74 Å². The van der Waals surface area contributed by atoms with Gasteiger partial charge in [-0.1, -0.05) is 44.4 Å². The van der Waals surface area contributed by atoms with E-state index in [0.717, 1.165) is 30.1 Å². The van der Waals surface area contributed by atoms with Crippen molar-refractivity contribution in [3.63, 3.8) is 0 Å². The van der Waals surface area contributed by atoms with Gasteiger partial charge in [0.25, 0.3) is 0 Å². The highest BCUT2D eigenvalue weighted by atomic mass is 16.7. The van der Waals surface area contributed by atoms with Crippen molar-refractivity contribution in [1.29, 1.82) is 0 Å². The van der Waals surface area contributed by atoms with Crippen molar-refractivity contribution in [3.8, 4) is 11.5 Å². The molecule has 0 radical (unpaired) electrons. The number of hydrogen-bond acceptors (Lipinski definition) is 3. The third-order valence-corrected chi connectivity index (χ3v) is 3.06. The van der Waals surface area contributed by atoms with E-state index in [4.69, 9.17) is 14.2 Å². The summed E-state index contributed by atoms with van der Waals surface area (Å²) in [4.78, 5) is 0. The van der Waals surface area contributed by atoms with Gasteiger partial charge >= 0.3 is 0 Å². The largest absolute Gasteiger partial charge is 0.454 e. The van der Waals surface area contributed by atoms with Crippen molar-refractivity contribution in [1.82, 2.24) is 0 Å². The Bertz CT molecular complexity index is 412. The first-order valence-corrected chi connectivity index (χ1v) is 7.04. The van der Waals surface area contributed by atoms with Gasteiger partial charge in [-0.2, -0.15) is 0 Å². The molecule has 1 aliphatic rings. The van der Waals surface area contributed by atoms with Gasteiger partial charge in [0.2, 0.25) is 6.79 Å². The minimum Gasteiger partial charge on any atom is -0.454 e.